The Balaban J connectivity index is 2.21. The first-order valence-electron chi connectivity index (χ1n) is 6.33. The Bertz CT molecular complexity index is 553. The number of likely N-dealkylation sites (N-methyl/N-ethyl adjacent to an activating group) is 1. The van der Waals surface area contributed by atoms with Crippen LogP contribution in [-0.2, 0) is 6.42 Å². The van der Waals surface area contributed by atoms with E-state index in [4.69, 9.17) is 0 Å². The standard InChI is InChI=1S/C15H17BrFNS/c1-3-18-14(15-7-4-10(2)19-15)8-11-5-6-12(17)9-13(11)16/h4-7,9,14,18H,3,8H2,1-2H3. The molecular formula is C15H17BrFNS. The summed E-state index contributed by atoms with van der Waals surface area (Å²) in [4.78, 5) is 2.65. The van der Waals surface area contributed by atoms with Crippen molar-refractivity contribution in [1.82, 2.24) is 5.32 Å². The minimum absolute atomic E-state index is 0.206. The fourth-order valence-electron chi connectivity index (χ4n) is 2.07. The van der Waals surface area contributed by atoms with Crippen LogP contribution in [-0.4, -0.2) is 6.54 Å². The lowest BCUT2D eigenvalue weighted by Crippen LogP contribution is -2.22. The summed E-state index contributed by atoms with van der Waals surface area (Å²) >= 11 is 5.25. The summed E-state index contributed by atoms with van der Waals surface area (Å²) in [7, 11) is 0. The minimum atomic E-state index is -0.206. The van der Waals surface area contributed by atoms with Gasteiger partial charge >= 0.3 is 0 Å². The predicted molar refractivity (Wildman–Crippen MR) is 83.3 cm³/mol. The number of rotatable bonds is 5. The lowest BCUT2D eigenvalue weighted by molar-refractivity contribution is 0.556. The molecular weight excluding hydrogens is 325 g/mol. The number of thiophene rings is 1. The number of hydrogen-bond acceptors (Lipinski definition) is 2. The molecule has 0 aliphatic rings. The molecule has 0 aliphatic heterocycles. The van der Waals surface area contributed by atoms with Crippen LogP contribution >= 0.6 is 27.3 Å². The normalized spacial score (nSPS) is 12.6. The fraction of sp³-hybridized carbons (Fsp3) is 0.333. The lowest BCUT2D eigenvalue weighted by atomic mass is 10.0. The van der Waals surface area contributed by atoms with E-state index in [0.717, 1.165) is 23.0 Å². The summed E-state index contributed by atoms with van der Waals surface area (Å²) in [6, 6.07) is 9.49. The zero-order valence-corrected chi connectivity index (χ0v) is 13.4. The Morgan fingerprint density at radius 2 is 2.11 bits per heavy atom. The van der Waals surface area contributed by atoms with Crippen LogP contribution < -0.4 is 5.32 Å². The maximum atomic E-state index is 13.1. The van der Waals surface area contributed by atoms with Gasteiger partial charge in [-0.1, -0.05) is 28.9 Å². The molecule has 2 rings (SSSR count). The van der Waals surface area contributed by atoms with E-state index in [1.807, 2.05) is 17.4 Å². The zero-order valence-electron chi connectivity index (χ0n) is 11.0. The largest absolute Gasteiger partial charge is 0.309 e. The van der Waals surface area contributed by atoms with Crippen molar-refractivity contribution in [2.45, 2.75) is 26.3 Å². The quantitative estimate of drug-likeness (QED) is 0.819. The van der Waals surface area contributed by atoms with Crippen molar-refractivity contribution in [2.75, 3.05) is 6.54 Å². The van der Waals surface area contributed by atoms with Gasteiger partial charge in [-0.15, -0.1) is 11.3 Å². The number of aryl methyl sites for hydroxylation is 1. The van der Waals surface area contributed by atoms with Gasteiger partial charge < -0.3 is 5.32 Å². The van der Waals surface area contributed by atoms with Gasteiger partial charge in [-0.25, -0.2) is 4.39 Å². The van der Waals surface area contributed by atoms with Crippen LogP contribution in [0.15, 0.2) is 34.8 Å². The maximum absolute atomic E-state index is 13.1. The third-order valence-electron chi connectivity index (χ3n) is 2.99. The van der Waals surface area contributed by atoms with E-state index in [0.29, 0.717) is 0 Å². The second-order valence-electron chi connectivity index (χ2n) is 4.50. The van der Waals surface area contributed by atoms with E-state index in [-0.39, 0.29) is 11.9 Å². The van der Waals surface area contributed by atoms with Gasteiger partial charge in [-0.3, -0.25) is 0 Å². The third kappa shape index (κ3) is 3.88. The van der Waals surface area contributed by atoms with E-state index in [9.17, 15) is 4.39 Å². The third-order valence-corrected chi connectivity index (χ3v) is 4.85. The molecule has 0 bridgehead atoms. The summed E-state index contributed by atoms with van der Waals surface area (Å²) in [5.41, 5.74) is 1.12. The molecule has 1 aromatic heterocycles. The molecule has 0 saturated carbocycles. The monoisotopic (exact) mass is 341 g/mol. The van der Waals surface area contributed by atoms with Crippen molar-refractivity contribution in [3.8, 4) is 0 Å². The van der Waals surface area contributed by atoms with Crippen LogP contribution in [0.3, 0.4) is 0 Å². The molecule has 1 N–H and O–H groups in total. The lowest BCUT2D eigenvalue weighted by Gasteiger charge is -2.17. The summed E-state index contributed by atoms with van der Waals surface area (Å²) in [6.45, 7) is 5.14. The van der Waals surface area contributed by atoms with E-state index >= 15 is 0 Å². The summed E-state index contributed by atoms with van der Waals surface area (Å²) in [6.07, 6.45) is 0.856. The summed E-state index contributed by atoms with van der Waals surface area (Å²) in [5.74, 6) is -0.206. The van der Waals surface area contributed by atoms with Gasteiger partial charge in [-0.2, -0.15) is 0 Å². The first-order valence-corrected chi connectivity index (χ1v) is 7.94. The summed E-state index contributed by atoms with van der Waals surface area (Å²) in [5, 5.41) is 3.50. The minimum Gasteiger partial charge on any atom is -0.309 e. The highest BCUT2D eigenvalue weighted by Crippen LogP contribution is 2.28. The van der Waals surface area contributed by atoms with Crippen LogP contribution in [0, 0.1) is 12.7 Å². The second-order valence-corrected chi connectivity index (χ2v) is 6.67. The molecule has 0 aliphatic carbocycles. The average Bonchev–Trinajstić information content (AvgIpc) is 2.78. The van der Waals surface area contributed by atoms with Gasteiger partial charge in [0.1, 0.15) is 5.82 Å². The molecule has 0 saturated heterocycles. The predicted octanol–water partition coefficient (Wildman–Crippen LogP) is 4.85. The molecule has 4 heteroatoms. The van der Waals surface area contributed by atoms with Crippen molar-refractivity contribution in [2.24, 2.45) is 0 Å². The van der Waals surface area contributed by atoms with Crippen LogP contribution in [0.25, 0.3) is 0 Å². The van der Waals surface area contributed by atoms with Crippen molar-refractivity contribution >= 4 is 27.3 Å². The fourth-order valence-corrected chi connectivity index (χ4v) is 3.53. The van der Waals surface area contributed by atoms with Crippen LogP contribution in [0.5, 0.6) is 0 Å². The Hall–Kier alpha value is -0.710. The zero-order chi connectivity index (χ0) is 13.8. The molecule has 2 aromatic rings. The molecule has 19 heavy (non-hydrogen) atoms. The van der Waals surface area contributed by atoms with Crippen molar-refractivity contribution in [3.63, 3.8) is 0 Å². The van der Waals surface area contributed by atoms with Gasteiger partial charge in [0.2, 0.25) is 0 Å². The molecule has 0 radical (unpaired) electrons. The summed E-state index contributed by atoms with van der Waals surface area (Å²) < 4.78 is 14.0. The van der Waals surface area contributed by atoms with E-state index < -0.39 is 0 Å². The van der Waals surface area contributed by atoms with Gasteiger partial charge in [0.05, 0.1) is 0 Å². The van der Waals surface area contributed by atoms with Crippen LogP contribution in [0.1, 0.15) is 28.3 Å². The topological polar surface area (TPSA) is 12.0 Å². The van der Waals surface area contributed by atoms with Gasteiger partial charge in [0.25, 0.3) is 0 Å². The highest BCUT2D eigenvalue weighted by Gasteiger charge is 2.14. The van der Waals surface area contributed by atoms with E-state index in [1.165, 1.54) is 21.9 Å². The van der Waals surface area contributed by atoms with Gasteiger partial charge in [0.15, 0.2) is 0 Å². The van der Waals surface area contributed by atoms with Gasteiger partial charge in [0, 0.05) is 20.3 Å². The highest BCUT2D eigenvalue weighted by atomic mass is 79.9. The van der Waals surface area contributed by atoms with Crippen molar-refractivity contribution in [1.29, 1.82) is 0 Å². The molecule has 1 heterocycles. The molecule has 0 spiro atoms. The molecule has 1 aromatic carbocycles. The Morgan fingerprint density at radius 3 is 2.68 bits per heavy atom. The van der Waals surface area contributed by atoms with Gasteiger partial charge in [-0.05, 0) is 49.7 Å². The number of halogens is 2. The average molecular weight is 342 g/mol. The number of nitrogens with one attached hydrogen (secondary N) is 1. The Morgan fingerprint density at radius 1 is 1.32 bits per heavy atom. The van der Waals surface area contributed by atoms with Crippen LogP contribution in [0.4, 0.5) is 4.39 Å². The molecule has 0 amide bonds. The number of benzene rings is 1. The first-order chi connectivity index (χ1) is 9.10. The first kappa shape index (κ1) is 14.7. The molecule has 1 nitrogen and oxygen atoms in total. The maximum Gasteiger partial charge on any atom is 0.124 e. The van der Waals surface area contributed by atoms with Crippen molar-refractivity contribution in [3.05, 3.63) is 55.9 Å². The SMILES string of the molecule is CCNC(Cc1ccc(F)cc1Br)c1ccc(C)s1. The van der Waals surface area contributed by atoms with Crippen molar-refractivity contribution < 1.29 is 4.39 Å². The van der Waals surface area contributed by atoms with Crippen LogP contribution in [0.2, 0.25) is 0 Å². The van der Waals surface area contributed by atoms with E-state index in [2.05, 4.69) is 47.2 Å². The molecule has 1 atom stereocenters. The number of hydrogen-bond donors (Lipinski definition) is 1. The molecule has 102 valence electrons. The molecule has 1 unspecified atom stereocenters. The second kappa shape index (κ2) is 6.64. The highest BCUT2D eigenvalue weighted by molar-refractivity contribution is 9.10. The Labute approximate surface area is 126 Å². The molecule has 0 fully saturated rings. The van der Waals surface area contributed by atoms with E-state index in [1.54, 1.807) is 0 Å². The Kier molecular flexibility index (Phi) is 5.13. The smallest absolute Gasteiger partial charge is 0.124 e.